The number of rotatable bonds is 6. The van der Waals surface area contributed by atoms with E-state index in [1.165, 1.54) is 114 Å². The SMILES string of the molecule is CCC1/C(c2cccc3c2oc2ccccc23)=C/CC(C)C(c2cc(-n3c4ccccc4c4cc5ccccc5cc43)cc3sc4c5ccccc5ccc4c23)=NC1C1=CCCc2c1n(-c1ccccc1)c1ccccc21. The summed E-state index contributed by atoms with van der Waals surface area (Å²) in [5.74, 6) is 0.0722. The Balaban J connectivity index is 1.00. The molecule has 0 N–H and O–H groups in total. The second-order valence-corrected chi connectivity index (χ2v) is 22.5. The van der Waals surface area contributed by atoms with E-state index in [0.717, 1.165) is 59.0 Å². The van der Waals surface area contributed by atoms with Crippen LogP contribution in [-0.2, 0) is 6.42 Å². The van der Waals surface area contributed by atoms with Crippen LogP contribution in [0.3, 0.4) is 0 Å². The molecule has 0 bridgehead atoms. The van der Waals surface area contributed by atoms with Crippen molar-refractivity contribution in [3.8, 4) is 11.4 Å². The first kappa shape index (κ1) is 44.5. The van der Waals surface area contributed by atoms with Crippen molar-refractivity contribution in [3.05, 3.63) is 241 Å². The topological polar surface area (TPSA) is 35.4 Å². The van der Waals surface area contributed by atoms with Gasteiger partial charge in [-0.1, -0.05) is 178 Å². The molecule has 0 radical (unpaired) electrons. The summed E-state index contributed by atoms with van der Waals surface area (Å²) in [7, 11) is 0. The van der Waals surface area contributed by atoms with Crippen LogP contribution in [0.2, 0.25) is 0 Å². The first-order valence-electron chi connectivity index (χ1n) is 27.4. The van der Waals surface area contributed by atoms with Crippen molar-refractivity contribution in [1.82, 2.24) is 9.13 Å². The van der Waals surface area contributed by atoms with Gasteiger partial charge in [-0.25, -0.2) is 0 Å². The maximum absolute atomic E-state index is 6.92. The largest absolute Gasteiger partial charge is 0.455 e. The Morgan fingerprint density at radius 1 is 0.532 bits per heavy atom. The number of benzene rings is 10. The third-order valence-corrected chi connectivity index (χ3v) is 18.4. The number of hydrogen-bond acceptors (Lipinski definition) is 3. The number of allylic oxidation sites excluding steroid dienone is 2. The lowest BCUT2D eigenvalue weighted by Crippen LogP contribution is -2.29. The second-order valence-electron chi connectivity index (χ2n) is 21.5. The molecule has 0 fully saturated rings. The van der Waals surface area contributed by atoms with Gasteiger partial charge in [0.25, 0.3) is 0 Å². The van der Waals surface area contributed by atoms with E-state index in [1.807, 2.05) is 11.3 Å². The van der Waals surface area contributed by atoms with Crippen LogP contribution in [0.4, 0.5) is 0 Å². The summed E-state index contributed by atoms with van der Waals surface area (Å²) in [6, 6.07) is 76.2. The van der Waals surface area contributed by atoms with Gasteiger partial charge in [0.15, 0.2) is 0 Å². The van der Waals surface area contributed by atoms with Crippen LogP contribution in [0, 0.1) is 11.8 Å². The highest BCUT2D eigenvalue weighted by Crippen LogP contribution is 2.49. The molecule has 368 valence electrons. The molecule has 0 saturated heterocycles. The third kappa shape index (κ3) is 6.73. The molecule has 14 aromatic rings. The molecule has 4 nitrogen and oxygen atoms in total. The van der Waals surface area contributed by atoms with E-state index in [9.17, 15) is 0 Å². The molecule has 3 atom stereocenters. The lowest BCUT2D eigenvalue weighted by atomic mass is 9.76. The zero-order chi connectivity index (χ0) is 50.9. The average Bonchev–Trinajstić information content (AvgIpc) is 4.40. The van der Waals surface area contributed by atoms with Gasteiger partial charge in [0.2, 0.25) is 0 Å². The van der Waals surface area contributed by atoms with Crippen molar-refractivity contribution < 1.29 is 4.42 Å². The molecule has 1 aliphatic heterocycles. The summed E-state index contributed by atoms with van der Waals surface area (Å²) in [6.07, 6.45) is 8.76. The zero-order valence-electron chi connectivity index (χ0n) is 43.0. The van der Waals surface area contributed by atoms with Crippen LogP contribution in [0.1, 0.15) is 55.5 Å². The van der Waals surface area contributed by atoms with E-state index in [4.69, 9.17) is 9.41 Å². The molecule has 10 aromatic carbocycles. The van der Waals surface area contributed by atoms with Gasteiger partial charge >= 0.3 is 0 Å². The van der Waals surface area contributed by atoms with Crippen LogP contribution in [0.5, 0.6) is 0 Å². The third-order valence-electron chi connectivity index (χ3n) is 17.2. The number of hydrogen-bond donors (Lipinski definition) is 0. The Morgan fingerprint density at radius 3 is 2.06 bits per heavy atom. The van der Waals surface area contributed by atoms with E-state index >= 15 is 0 Å². The molecule has 2 aliphatic rings. The van der Waals surface area contributed by atoms with E-state index in [0.29, 0.717) is 0 Å². The lowest BCUT2D eigenvalue weighted by molar-refractivity contribution is 0.568. The summed E-state index contributed by atoms with van der Waals surface area (Å²) >= 11 is 1.93. The Morgan fingerprint density at radius 2 is 1.23 bits per heavy atom. The van der Waals surface area contributed by atoms with Crippen molar-refractivity contribution in [2.75, 3.05) is 0 Å². The summed E-state index contributed by atoms with van der Waals surface area (Å²) in [4.78, 5) is 6.51. The van der Waals surface area contributed by atoms with Gasteiger partial charge in [-0.05, 0) is 119 Å². The van der Waals surface area contributed by atoms with Crippen LogP contribution in [-0.4, -0.2) is 20.9 Å². The van der Waals surface area contributed by atoms with Gasteiger partial charge in [0.1, 0.15) is 11.2 Å². The van der Waals surface area contributed by atoms with Crippen molar-refractivity contribution >= 4 is 125 Å². The Hall–Kier alpha value is -8.77. The van der Waals surface area contributed by atoms with Crippen molar-refractivity contribution in [2.24, 2.45) is 16.8 Å². The van der Waals surface area contributed by atoms with Crippen LogP contribution in [0.25, 0.3) is 119 Å². The van der Waals surface area contributed by atoms with Gasteiger partial charge in [-0.2, -0.15) is 0 Å². The smallest absolute Gasteiger partial charge is 0.142 e. The van der Waals surface area contributed by atoms with Gasteiger partial charge in [0.05, 0.1) is 28.3 Å². The molecule has 1 aliphatic carbocycles. The molecule has 5 heterocycles. The number of aromatic nitrogens is 2. The number of para-hydroxylation sites is 5. The highest BCUT2D eigenvalue weighted by molar-refractivity contribution is 7.26. The molecule has 77 heavy (non-hydrogen) atoms. The fraction of sp³-hybridized carbons (Fsp3) is 0.125. The molecule has 5 heteroatoms. The fourth-order valence-electron chi connectivity index (χ4n) is 13.8. The number of aliphatic imine (C=N–C) groups is 1. The second kappa shape index (κ2) is 17.4. The highest BCUT2D eigenvalue weighted by atomic mass is 32.1. The number of nitrogens with zero attached hydrogens (tertiary/aromatic N) is 3. The molecule has 0 saturated carbocycles. The van der Waals surface area contributed by atoms with E-state index in [-0.39, 0.29) is 17.9 Å². The summed E-state index contributed by atoms with van der Waals surface area (Å²) in [5.41, 5.74) is 16.7. The minimum absolute atomic E-state index is 0.0169. The monoisotopic (exact) mass is 1010 g/mol. The number of thiophene rings is 1. The molecule has 3 unspecified atom stereocenters. The normalized spacial score (nSPS) is 17.9. The van der Waals surface area contributed by atoms with Gasteiger partial charge in [0, 0.05) is 87.2 Å². The van der Waals surface area contributed by atoms with Crippen LogP contribution in [0.15, 0.2) is 228 Å². The highest BCUT2D eigenvalue weighted by Gasteiger charge is 2.37. The average molecular weight is 1010 g/mol. The standard InChI is InChI=1S/C72H53N3OS/c1-3-49-51(56-29-18-30-57-54-27-13-16-34-65(54)76-71(56)57)37-35-43(2)68(73-69(49)59-31-17-28-55-52-25-11-15-33-63(52)75(70(55)59)47-22-5-4-6-23-47)61-41-48(42-66-67(61)58-38-36-44-19-9-10-24-50(44)72(58)77-66)74-62-32-14-12-26-53(62)60-39-45-20-7-8-21-46(45)40-64(60)74/h4-16,18-27,29-34,36-43,49,69H,3,17,28,35H2,1-2H3/b51-37-,73-68?. The number of furan rings is 1. The molecule has 0 amide bonds. The first-order valence-corrected chi connectivity index (χ1v) is 28.3. The first-order chi connectivity index (χ1) is 38.1. The summed E-state index contributed by atoms with van der Waals surface area (Å²) in [6.45, 7) is 4.80. The van der Waals surface area contributed by atoms with Gasteiger partial charge in [-0.15, -0.1) is 11.3 Å². The summed E-state index contributed by atoms with van der Waals surface area (Å²) in [5, 5.41) is 13.8. The molecule has 4 aromatic heterocycles. The van der Waals surface area contributed by atoms with Gasteiger partial charge in [-0.3, -0.25) is 4.99 Å². The van der Waals surface area contributed by atoms with E-state index in [2.05, 4.69) is 241 Å². The Kier molecular flexibility index (Phi) is 10.1. The molecular weight excluding hydrogens is 955 g/mol. The maximum Gasteiger partial charge on any atom is 0.142 e. The zero-order valence-corrected chi connectivity index (χ0v) is 43.8. The van der Waals surface area contributed by atoms with Crippen LogP contribution < -0.4 is 0 Å². The lowest BCUT2D eigenvalue weighted by Gasteiger charge is -2.34. The Bertz CT molecular complexity index is 4860. The minimum atomic E-state index is -0.238. The van der Waals surface area contributed by atoms with E-state index in [1.54, 1.807) is 0 Å². The predicted molar refractivity (Wildman–Crippen MR) is 328 cm³/mol. The maximum atomic E-state index is 6.92. The molecule has 16 rings (SSSR count). The van der Waals surface area contributed by atoms with Crippen molar-refractivity contribution in [1.29, 1.82) is 0 Å². The molecule has 0 spiro atoms. The minimum Gasteiger partial charge on any atom is -0.455 e. The van der Waals surface area contributed by atoms with Crippen LogP contribution >= 0.6 is 11.3 Å². The van der Waals surface area contributed by atoms with E-state index < -0.39 is 0 Å². The predicted octanol–water partition coefficient (Wildman–Crippen LogP) is 19.6. The van der Waals surface area contributed by atoms with Gasteiger partial charge < -0.3 is 13.6 Å². The molecular formula is C72H53N3OS. The fourth-order valence-corrected chi connectivity index (χ4v) is 15.1. The number of fused-ring (bicyclic) bond motifs is 15. The Labute approximate surface area is 450 Å². The number of aryl methyl sites for hydroxylation is 1. The van der Waals surface area contributed by atoms with Crippen molar-refractivity contribution in [2.45, 2.75) is 45.6 Å². The summed E-state index contributed by atoms with van der Waals surface area (Å²) < 4.78 is 14.6. The van der Waals surface area contributed by atoms with Crippen molar-refractivity contribution in [3.63, 3.8) is 0 Å². The quantitative estimate of drug-likeness (QED) is 0.163.